The summed E-state index contributed by atoms with van der Waals surface area (Å²) in [6.07, 6.45) is 0.597. The van der Waals surface area contributed by atoms with Crippen LogP contribution < -0.4 is 10.4 Å². The van der Waals surface area contributed by atoms with Crippen molar-refractivity contribution < 1.29 is 14.3 Å². The van der Waals surface area contributed by atoms with Crippen molar-refractivity contribution in [2.45, 2.75) is 32.8 Å². The molecule has 5 nitrogen and oxygen atoms in total. The second-order valence-electron chi connectivity index (χ2n) is 5.06. The summed E-state index contributed by atoms with van der Waals surface area (Å²) < 4.78 is 5.19. The first kappa shape index (κ1) is 15.0. The largest absolute Gasteiger partial charge is 0.443 e. The van der Waals surface area contributed by atoms with Gasteiger partial charge in [-0.25, -0.2) is 10.2 Å². The first-order chi connectivity index (χ1) is 8.92. The third kappa shape index (κ3) is 5.90. The van der Waals surface area contributed by atoms with Crippen LogP contribution in [0.4, 0.5) is 10.5 Å². The predicted octanol–water partition coefficient (Wildman–Crippen LogP) is 2.52. The van der Waals surface area contributed by atoms with Gasteiger partial charge in [-0.15, -0.1) is 0 Å². The molecule has 0 unspecified atom stereocenters. The Hall–Kier alpha value is -2.04. The van der Waals surface area contributed by atoms with Gasteiger partial charge in [-0.2, -0.15) is 0 Å². The summed E-state index contributed by atoms with van der Waals surface area (Å²) in [4.78, 5) is 22.2. The fourth-order valence-corrected chi connectivity index (χ4v) is 1.45. The van der Waals surface area contributed by atoms with Crippen molar-refractivity contribution in [3.63, 3.8) is 0 Å². The topological polar surface area (TPSA) is 58.6 Å². The number of hydrazine groups is 1. The number of amides is 1. The highest BCUT2D eigenvalue weighted by molar-refractivity contribution is 5.70. The maximum atomic E-state index is 11.7. The van der Waals surface area contributed by atoms with Gasteiger partial charge < -0.3 is 9.53 Å². The van der Waals surface area contributed by atoms with Gasteiger partial charge in [0.15, 0.2) is 0 Å². The molecule has 1 N–H and O–H groups in total. The molecule has 1 rings (SSSR count). The van der Waals surface area contributed by atoms with Crippen LogP contribution in [0, 0.1) is 0 Å². The standard InChI is InChI=1S/C14H20N2O3/c1-14(2,3)19-13(18)15-16(10-7-11-17)12-8-5-4-6-9-12/h4-6,8-9,11H,7,10H2,1-3H3,(H,15,18). The molecule has 0 aliphatic carbocycles. The van der Waals surface area contributed by atoms with Gasteiger partial charge in [0.1, 0.15) is 11.9 Å². The van der Waals surface area contributed by atoms with E-state index in [9.17, 15) is 9.59 Å². The second kappa shape index (κ2) is 6.78. The van der Waals surface area contributed by atoms with Crippen molar-refractivity contribution in [1.82, 2.24) is 5.43 Å². The van der Waals surface area contributed by atoms with Gasteiger partial charge in [-0.3, -0.25) is 5.01 Å². The van der Waals surface area contributed by atoms with Crippen molar-refractivity contribution in [2.75, 3.05) is 11.6 Å². The zero-order valence-electron chi connectivity index (χ0n) is 11.6. The predicted molar refractivity (Wildman–Crippen MR) is 73.8 cm³/mol. The van der Waals surface area contributed by atoms with Gasteiger partial charge in [0.2, 0.25) is 0 Å². The van der Waals surface area contributed by atoms with E-state index < -0.39 is 11.7 Å². The molecule has 0 saturated carbocycles. The fourth-order valence-electron chi connectivity index (χ4n) is 1.45. The number of rotatable bonds is 5. The monoisotopic (exact) mass is 264 g/mol. The summed E-state index contributed by atoms with van der Waals surface area (Å²) in [5, 5.41) is 1.60. The molecule has 0 atom stereocenters. The Morgan fingerprint density at radius 1 is 1.32 bits per heavy atom. The van der Waals surface area contributed by atoms with Crippen LogP contribution in [0.2, 0.25) is 0 Å². The van der Waals surface area contributed by atoms with E-state index in [1.54, 1.807) is 25.8 Å². The lowest BCUT2D eigenvalue weighted by Crippen LogP contribution is -2.45. The van der Waals surface area contributed by atoms with Crippen LogP contribution >= 0.6 is 0 Å². The van der Waals surface area contributed by atoms with Crippen LogP contribution in [0.15, 0.2) is 30.3 Å². The smallest absolute Gasteiger partial charge is 0.426 e. The highest BCUT2D eigenvalue weighted by Gasteiger charge is 2.18. The van der Waals surface area contributed by atoms with E-state index >= 15 is 0 Å². The Morgan fingerprint density at radius 3 is 2.47 bits per heavy atom. The van der Waals surface area contributed by atoms with Gasteiger partial charge in [0.05, 0.1) is 5.69 Å². The van der Waals surface area contributed by atoms with E-state index in [0.717, 1.165) is 12.0 Å². The average Bonchev–Trinajstić information content (AvgIpc) is 2.33. The molecule has 0 fully saturated rings. The number of hydrogen-bond donors (Lipinski definition) is 1. The van der Waals surface area contributed by atoms with Gasteiger partial charge in [-0.1, -0.05) is 18.2 Å². The minimum absolute atomic E-state index is 0.324. The summed E-state index contributed by atoms with van der Waals surface area (Å²) in [5.41, 5.74) is 2.88. The Balaban J connectivity index is 2.70. The van der Waals surface area contributed by atoms with E-state index in [-0.39, 0.29) is 0 Å². The first-order valence-corrected chi connectivity index (χ1v) is 6.18. The Bertz CT molecular complexity index is 412. The van der Waals surface area contributed by atoms with E-state index in [1.165, 1.54) is 0 Å². The minimum atomic E-state index is -0.558. The minimum Gasteiger partial charge on any atom is -0.443 e. The lowest BCUT2D eigenvalue weighted by atomic mass is 10.2. The molecular weight excluding hydrogens is 244 g/mol. The third-order valence-electron chi connectivity index (χ3n) is 2.16. The number of ether oxygens (including phenoxy) is 1. The van der Waals surface area contributed by atoms with Crippen LogP contribution in [0.5, 0.6) is 0 Å². The molecule has 0 radical (unpaired) electrons. The van der Waals surface area contributed by atoms with Crippen molar-refractivity contribution in [1.29, 1.82) is 0 Å². The Kier molecular flexibility index (Phi) is 5.36. The van der Waals surface area contributed by atoms with Gasteiger partial charge in [-0.05, 0) is 32.9 Å². The van der Waals surface area contributed by atoms with Crippen LogP contribution in [0.1, 0.15) is 27.2 Å². The lowest BCUT2D eigenvalue weighted by molar-refractivity contribution is -0.107. The van der Waals surface area contributed by atoms with Crippen LogP contribution in [0.25, 0.3) is 0 Å². The number of nitrogens with one attached hydrogen (secondary N) is 1. The number of para-hydroxylation sites is 1. The Morgan fingerprint density at radius 2 is 1.95 bits per heavy atom. The molecule has 0 heterocycles. The molecule has 0 saturated heterocycles. The summed E-state index contributed by atoms with van der Waals surface area (Å²) >= 11 is 0. The molecule has 0 aliphatic heterocycles. The molecule has 0 bridgehead atoms. The SMILES string of the molecule is CC(C)(C)OC(=O)NN(CCC=O)c1ccccc1. The van der Waals surface area contributed by atoms with Gasteiger partial charge in [0, 0.05) is 13.0 Å². The highest BCUT2D eigenvalue weighted by Crippen LogP contribution is 2.12. The molecule has 19 heavy (non-hydrogen) atoms. The third-order valence-corrected chi connectivity index (χ3v) is 2.16. The molecule has 0 aromatic heterocycles. The van der Waals surface area contributed by atoms with Crippen molar-refractivity contribution in [3.8, 4) is 0 Å². The number of aldehydes is 1. The van der Waals surface area contributed by atoms with Crippen LogP contribution in [0.3, 0.4) is 0 Å². The van der Waals surface area contributed by atoms with Crippen LogP contribution in [-0.2, 0) is 9.53 Å². The van der Waals surface area contributed by atoms with Crippen molar-refractivity contribution >= 4 is 18.1 Å². The maximum Gasteiger partial charge on any atom is 0.426 e. The maximum absolute atomic E-state index is 11.7. The number of anilines is 1. The first-order valence-electron chi connectivity index (χ1n) is 6.18. The Labute approximate surface area is 113 Å². The lowest BCUT2D eigenvalue weighted by Gasteiger charge is -2.27. The zero-order valence-corrected chi connectivity index (χ0v) is 11.6. The molecule has 5 heteroatoms. The molecular formula is C14H20N2O3. The molecule has 1 amide bonds. The van der Waals surface area contributed by atoms with Gasteiger partial charge >= 0.3 is 6.09 Å². The zero-order chi connectivity index (χ0) is 14.3. The van der Waals surface area contributed by atoms with Gasteiger partial charge in [0.25, 0.3) is 0 Å². The number of carbonyl (C=O) groups excluding carboxylic acids is 2. The number of carbonyl (C=O) groups is 2. The van der Waals surface area contributed by atoms with E-state index in [4.69, 9.17) is 4.74 Å². The summed E-state index contributed by atoms with van der Waals surface area (Å²) in [6, 6.07) is 9.30. The highest BCUT2D eigenvalue weighted by atomic mass is 16.6. The number of hydrogen-bond acceptors (Lipinski definition) is 4. The fraction of sp³-hybridized carbons (Fsp3) is 0.429. The van der Waals surface area contributed by atoms with Crippen molar-refractivity contribution in [3.05, 3.63) is 30.3 Å². The quantitative estimate of drug-likeness (QED) is 0.656. The second-order valence-corrected chi connectivity index (χ2v) is 5.06. The number of nitrogens with zero attached hydrogens (tertiary/aromatic N) is 1. The summed E-state index contributed by atoms with van der Waals surface area (Å²) in [6.45, 7) is 5.79. The van der Waals surface area contributed by atoms with E-state index in [1.807, 2.05) is 30.3 Å². The molecule has 0 aliphatic rings. The summed E-state index contributed by atoms with van der Waals surface area (Å²) in [7, 11) is 0. The van der Waals surface area contributed by atoms with E-state index in [2.05, 4.69) is 5.43 Å². The molecule has 1 aromatic carbocycles. The molecule has 1 aromatic rings. The summed E-state index contributed by atoms with van der Waals surface area (Å²) in [5.74, 6) is 0. The average molecular weight is 264 g/mol. The molecule has 104 valence electrons. The van der Waals surface area contributed by atoms with Crippen LogP contribution in [-0.4, -0.2) is 24.5 Å². The number of benzene rings is 1. The van der Waals surface area contributed by atoms with E-state index in [0.29, 0.717) is 13.0 Å². The normalized spacial score (nSPS) is 10.7. The molecule has 0 spiro atoms. The van der Waals surface area contributed by atoms with Crippen molar-refractivity contribution in [2.24, 2.45) is 0 Å².